The molecule has 0 spiro atoms. The van der Waals surface area contributed by atoms with Gasteiger partial charge in [0.05, 0.1) is 0 Å². The zero-order chi connectivity index (χ0) is 11.9. The lowest BCUT2D eigenvalue weighted by Crippen LogP contribution is -2.28. The molecule has 0 aromatic heterocycles. The van der Waals surface area contributed by atoms with Crippen LogP contribution in [0.15, 0.2) is 18.2 Å². The lowest BCUT2D eigenvalue weighted by Gasteiger charge is -2.18. The van der Waals surface area contributed by atoms with E-state index < -0.39 is 0 Å². The number of nitrogens with two attached hydrogens (primary N) is 1. The predicted octanol–water partition coefficient (Wildman–Crippen LogP) is 2.69. The van der Waals surface area contributed by atoms with Crippen LogP contribution >= 0.6 is 0 Å². The summed E-state index contributed by atoms with van der Waals surface area (Å²) in [5, 5.41) is 0. The van der Waals surface area contributed by atoms with E-state index in [1.807, 2.05) is 0 Å². The van der Waals surface area contributed by atoms with E-state index in [0.717, 1.165) is 6.54 Å². The van der Waals surface area contributed by atoms with Gasteiger partial charge in [-0.15, -0.1) is 0 Å². The Bertz CT molecular complexity index is 382. The van der Waals surface area contributed by atoms with Crippen LogP contribution in [-0.4, -0.2) is 19.6 Å². The summed E-state index contributed by atoms with van der Waals surface area (Å²) in [5.41, 5.74) is 10.4. The van der Waals surface area contributed by atoms with Gasteiger partial charge in [0.2, 0.25) is 0 Å². The van der Waals surface area contributed by atoms with Crippen LogP contribution in [0.4, 0.5) is 5.69 Å². The van der Waals surface area contributed by atoms with Gasteiger partial charge in [-0.2, -0.15) is 0 Å². The van der Waals surface area contributed by atoms with E-state index in [9.17, 15) is 0 Å². The first-order valence-corrected chi connectivity index (χ1v) is 6.12. The van der Waals surface area contributed by atoms with E-state index in [2.05, 4.69) is 50.9 Å². The Balaban J connectivity index is 2.51. The highest BCUT2D eigenvalue weighted by Gasteiger charge is 2.30. The smallest absolute Gasteiger partial charge is 0.0435 e. The third kappa shape index (κ3) is 1.71. The number of fused-ring (bicyclic) bond motifs is 1. The van der Waals surface area contributed by atoms with Crippen molar-refractivity contribution in [1.82, 2.24) is 0 Å². The predicted molar refractivity (Wildman–Crippen MR) is 70.2 cm³/mol. The van der Waals surface area contributed by atoms with E-state index in [1.54, 1.807) is 0 Å². The second kappa shape index (κ2) is 4.10. The SMILES string of the molecule is CC(C)c1cccc2c1N(C)CC2C(C)N. The topological polar surface area (TPSA) is 29.3 Å². The molecule has 1 heterocycles. The molecule has 1 aromatic carbocycles. The Morgan fingerprint density at radius 2 is 2.00 bits per heavy atom. The van der Waals surface area contributed by atoms with E-state index in [4.69, 9.17) is 5.73 Å². The van der Waals surface area contributed by atoms with Crippen LogP contribution in [0.1, 0.15) is 43.7 Å². The summed E-state index contributed by atoms with van der Waals surface area (Å²) in [7, 11) is 2.17. The lowest BCUT2D eigenvalue weighted by atomic mass is 9.91. The van der Waals surface area contributed by atoms with E-state index >= 15 is 0 Å². The zero-order valence-electron chi connectivity index (χ0n) is 10.7. The standard InChI is InChI=1S/C14H22N2/c1-9(2)11-6-5-7-12-13(10(3)15)8-16(4)14(11)12/h5-7,9-10,13H,8,15H2,1-4H3. The molecule has 16 heavy (non-hydrogen) atoms. The fourth-order valence-corrected chi connectivity index (χ4v) is 2.72. The molecule has 0 bridgehead atoms. The second-order valence-corrected chi connectivity index (χ2v) is 5.29. The molecule has 2 atom stereocenters. The Morgan fingerprint density at radius 3 is 2.56 bits per heavy atom. The van der Waals surface area contributed by atoms with Crippen LogP contribution in [0.25, 0.3) is 0 Å². The van der Waals surface area contributed by atoms with Crippen molar-refractivity contribution in [2.75, 3.05) is 18.5 Å². The Labute approximate surface area is 98.4 Å². The summed E-state index contributed by atoms with van der Waals surface area (Å²) in [5.74, 6) is 1.06. The molecule has 0 aliphatic carbocycles. The molecule has 88 valence electrons. The van der Waals surface area contributed by atoms with Crippen molar-refractivity contribution in [2.45, 2.75) is 38.6 Å². The number of hydrogen-bond donors (Lipinski definition) is 1. The summed E-state index contributed by atoms with van der Waals surface area (Å²) >= 11 is 0. The van der Waals surface area contributed by atoms with Gasteiger partial charge in [-0.05, 0) is 24.0 Å². The third-order valence-electron chi connectivity index (χ3n) is 3.61. The largest absolute Gasteiger partial charge is 0.373 e. The van der Waals surface area contributed by atoms with Gasteiger partial charge in [0.15, 0.2) is 0 Å². The minimum absolute atomic E-state index is 0.228. The van der Waals surface area contributed by atoms with E-state index in [-0.39, 0.29) is 6.04 Å². The van der Waals surface area contributed by atoms with Gasteiger partial charge in [-0.1, -0.05) is 32.0 Å². The second-order valence-electron chi connectivity index (χ2n) is 5.29. The molecule has 2 heteroatoms. The molecular formula is C14H22N2. The van der Waals surface area contributed by atoms with Gasteiger partial charge in [0.1, 0.15) is 0 Å². The zero-order valence-corrected chi connectivity index (χ0v) is 10.7. The van der Waals surface area contributed by atoms with Crippen LogP contribution in [0.5, 0.6) is 0 Å². The third-order valence-corrected chi connectivity index (χ3v) is 3.61. The summed E-state index contributed by atoms with van der Waals surface area (Å²) < 4.78 is 0. The van der Waals surface area contributed by atoms with Crippen LogP contribution in [-0.2, 0) is 0 Å². The highest BCUT2D eigenvalue weighted by Crippen LogP contribution is 2.41. The number of hydrogen-bond acceptors (Lipinski definition) is 2. The molecule has 1 aromatic rings. The molecule has 0 saturated heterocycles. The van der Waals surface area contributed by atoms with Crippen molar-refractivity contribution in [3.8, 4) is 0 Å². The van der Waals surface area contributed by atoms with Crippen LogP contribution in [0.2, 0.25) is 0 Å². The van der Waals surface area contributed by atoms with Gasteiger partial charge >= 0.3 is 0 Å². The van der Waals surface area contributed by atoms with Crippen molar-refractivity contribution in [2.24, 2.45) is 5.73 Å². The summed E-state index contributed by atoms with van der Waals surface area (Å²) in [6.07, 6.45) is 0. The molecule has 0 fully saturated rings. The molecule has 1 aliphatic rings. The fraction of sp³-hybridized carbons (Fsp3) is 0.571. The molecule has 0 radical (unpaired) electrons. The Kier molecular flexibility index (Phi) is 2.94. The monoisotopic (exact) mass is 218 g/mol. The van der Waals surface area contributed by atoms with Gasteiger partial charge in [0.25, 0.3) is 0 Å². The molecule has 0 amide bonds. The van der Waals surface area contributed by atoms with Gasteiger partial charge in [-0.3, -0.25) is 0 Å². The normalized spacial score (nSPS) is 21.4. The number of nitrogens with zero attached hydrogens (tertiary/aromatic N) is 1. The maximum atomic E-state index is 6.07. The maximum absolute atomic E-state index is 6.07. The van der Waals surface area contributed by atoms with Crippen molar-refractivity contribution < 1.29 is 0 Å². The van der Waals surface area contributed by atoms with Gasteiger partial charge in [0, 0.05) is 31.2 Å². The first-order chi connectivity index (χ1) is 7.52. The maximum Gasteiger partial charge on any atom is 0.0435 e. The lowest BCUT2D eigenvalue weighted by molar-refractivity contribution is 0.593. The first kappa shape index (κ1) is 11.5. The van der Waals surface area contributed by atoms with Crippen molar-refractivity contribution in [3.63, 3.8) is 0 Å². The van der Waals surface area contributed by atoms with Crippen molar-refractivity contribution in [3.05, 3.63) is 29.3 Å². The number of anilines is 1. The number of likely N-dealkylation sites (N-methyl/N-ethyl adjacent to an activating group) is 1. The average molecular weight is 218 g/mol. The molecule has 0 saturated carbocycles. The Morgan fingerprint density at radius 1 is 1.31 bits per heavy atom. The molecule has 2 N–H and O–H groups in total. The minimum Gasteiger partial charge on any atom is -0.373 e. The summed E-state index contributed by atoms with van der Waals surface area (Å²) in [6, 6.07) is 6.87. The Hall–Kier alpha value is -1.02. The molecule has 1 aliphatic heterocycles. The first-order valence-electron chi connectivity index (χ1n) is 6.12. The minimum atomic E-state index is 0.228. The van der Waals surface area contributed by atoms with Crippen LogP contribution in [0, 0.1) is 0 Å². The molecular weight excluding hydrogens is 196 g/mol. The highest BCUT2D eigenvalue weighted by atomic mass is 15.1. The quantitative estimate of drug-likeness (QED) is 0.827. The van der Waals surface area contributed by atoms with Crippen LogP contribution in [0.3, 0.4) is 0 Å². The fourth-order valence-electron chi connectivity index (χ4n) is 2.72. The molecule has 2 unspecified atom stereocenters. The molecule has 2 rings (SSSR count). The highest BCUT2D eigenvalue weighted by molar-refractivity contribution is 5.66. The van der Waals surface area contributed by atoms with E-state index in [1.165, 1.54) is 16.8 Å². The summed E-state index contributed by atoms with van der Waals surface area (Å²) in [6.45, 7) is 7.66. The summed E-state index contributed by atoms with van der Waals surface area (Å²) in [4.78, 5) is 2.36. The van der Waals surface area contributed by atoms with Gasteiger partial charge < -0.3 is 10.6 Å². The van der Waals surface area contributed by atoms with Crippen LogP contribution < -0.4 is 10.6 Å². The number of rotatable bonds is 2. The number of para-hydroxylation sites is 1. The van der Waals surface area contributed by atoms with E-state index in [0.29, 0.717) is 11.8 Å². The number of benzene rings is 1. The van der Waals surface area contributed by atoms with Crippen molar-refractivity contribution in [1.29, 1.82) is 0 Å². The molecule has 2 nitrogen and oxygen atoms in total. The van der Waals surface area contributed by atoms with Crippen molar-refractivity contribution >= 4 is 5.69 Å². The van der Waals surface area contributed by atoms with Gasteiger partial charge in [-0.25, -0.2) is 0 Å². The average Bonchev–Trinajstić information content (AvgIpc) is 2.56.